The van der Waals surface area contributed by atoms with Crippen LogP contribution < -0.4 is 0 Å². The Morgan fingerprint density at radius 3 is 1.56 bits per heavy atom. The van der Waals surface area contributed by atoms with E-state index in [0.717, 1.165) is 19.3 Å². The summed E-state index contributed by atoms with van der Waals surface area (Å²) in [5.74, 6) is -0.620. The number of hydrogen-bond donors (Lipinski definition) is 2. The lowest BCUT2D eigenvalue weighted by atomic mass is 10.1. The largest absolute Gasteiger partial charge is 0.273 e. The lowest BCUT2D eigenvalue weighted by Gasteiger charge is -2.05. The van der Waals surface area contributed by atoms with Crippen LogP contribution in [-0.2, 0) is 4.79 Å². The van der Waals surface area contributed by atoms with Crippen LogP contribution in [0.25, 0.3) is 0 Å². The van der Waals surface area contributed by atoms with E-state index < -0.39 is 5.91 Å². The van der Waals surface area contributed by atoms with Gasteiger partial charge in [-0.15, -0.1) is 0 Å². The van der Waals surface area contributed by atoms with Crippen LogP contribution in [-0.4, -0.2) is 21.5 Å². The molecular formula is C14H29NO3. The summed E-state index contributed by atoms with van der Waals surface area (Å²) in [6, 6.07) is 0. The monoisotopic (exact) mass is 259 g/mol. The van der Waals surface area contributed by atoms with Gasteiger partial charge in [0, 0.05) is 6.42 Å². The molecule has 0 saturated heterocycles. The second-order valence-electron chi connectivity index (χ2n) is 4.97. The van der Waals surface area contributed by atoms with Crippen LogP contribution in [0, 0.1) is 0 Å². The summed E-state index contributed by atoms with van der Waals surface area (Å²) in [5, 5.41) is 16.5. The van der Waals surface area contributed by atoms with Crippen molar-refractivity contribution in [1.29, 1.82) is 0 Å². The number of hydrogen-bond acceptors (Lipinski definition) is 3. The van der Waals surface area contributed by atoms with Crippen molar-refractivity contribution >= 4 is 5.91 Å². The van der Waals surface area contributed by atoms with Gasteiger partial charge in [-0.3, -0.25) is 15.2 Å². The molecule has 1 amide bonds. The molecule has 0 spiro atoms. The van der Waals surface area contributed by atoms with Crippen LogP contribution in [0.2, 0.25) is 0 Å². The van der Waals surface area contributed by atoms with Crippen molar-refractivity contribution < 1.29 is 15.2 Å². The van der Waals surface area contributed by atoms with Crippen molar-refractivity contribution in [3.8, 4) is 0 Å². The van der Waals surface area contributed by atoms with Crippen LogP contribution in [0.4, 0.5) is 0 Å². The molecule has 0 aromatic rings. The average molecular weight is 259 g/mol. The van der Waals surface area contributed by atoms with Gasteiger partial charge in [-0.05, 0) is 6.42 Å². The third-order valence-electron chi connectivity index (χ3n) is 3.22. The Labute approximate surface area is 111 Å². The highest BCUT2D eigenvalue weighted by atomic mass is 16.8. The van der Waals surface area contributed by atoms with E-state index in [1.54, 1.807) is 0 Å². The minimum absolute atomic E-state index is 0.226. The minimum atomic E-state index is -0.620. The van der Waals surface area contributed by atoms with Crippen molar-refractivity contribution in [1.82, 2.24) is 5.23 Å². The Kier molecular flexibility index (Phi) is 12.4. The molecule has 0 unspecified atom stereocenters. The zero-order valence-electron chi connectivity index (χ0n) is 11.7. The summed E-state index contributed by atoms with van der Waals surface area (Å²) < 4.78 is 0. The van der Waals surface area contributed by atoms with E-state index >= 15 is 0 Å². The molecule has 0 bridgehead atoms. The maximum absolute atomic E-state index is 10.8. The normalized spacial score (nSPS) is 10.6. The average Bonchev–Trinajstić information content (AvgIpc) is 2.35. The molecule has 0 aromatic heterocycles. The van der Waals surface area contributed by atoms with Crippen molar-refractivity contribution in [2.45, 2.75) is 84.0 Å². The molecule has 4 nitrogen and oxygen atoms in total. The van der Waals surface area contributed by atoms with Crippen LogP contribution in [0.1, 0.15) is 84.0 Å². The van der Waals surface area contributed by atoms with E-state index in [0.29, 0.717) is 0 Å². The van der Waals surface area contributed by atoms with Gasteiger partial charge in [0.1, 0.15) is 0 Å². The zero-order chi connectivity index (χ0) is 13.6. The fourth-order valence-electron chi connectivity index (χ4n) is 2.04. The predicted molar refractivity (Wildman–Crippen MR) is 71.5 cm³/mol. The van der Waals surface area contributed by atoms with Gasteiger partial charge in [0.2, 0.25) is 0 Å². The Morgan fingerprint density at radius 2 is 1.17 bits per heavy atom. The highest BCUT2D eigenvalue weighted by Crippen LogP contribution is 2.12. The van der Waals surface area contributed by atoms with Crippen molar-refractivity contribution in [2.75, 3.05) is 0 Å². The van der Waals surface area contributed by atoms with Gasteiger partial charge in [0.05, 0.1) is 0 Å². The third kappa shape index (κ3) is 11.9. The number of amides is 1. The molecule has 0 aliphatic rings. The molecule has 0 rings (SSSR count). The molecule has 18 heavy (non-hydrogen) atoms. The molecule has 0 radical (unpaired) electrons. The van der Waals surface area contributed by atoms with Gasteiger partial charge >= 0.3 is 0 Å². The summed E-state index contributed by atoms with van der Waals surface area (Å²) in [6.45, 7) is 2.23. The quantitative estimate of drug-likeness (QED) is 0.312. The molecule has 2 N–H and O–H groups in total. The highest BCUT2D eigenvalue weighted by molar-refractivity contribution is 5.73. The lowest BCUT2D eigenvalue weighted by molar-refractivity contribution is -0.285. The van der Waals surface area contributed by atoms with Gasteiger partial charge in [-0.1, -0.05) is 76.4 Å². The topological polar surface area (TPSA) is 60.8 Å². The van der Waals surface area contributed by atoms with Gasteiger partial charge in [-0.2, -0.15) is 0 Å². The van der Waals surface area contributed by atoms with E-state index in [1.807, 2.05) is 0 Å². The smallest absolute Gasteiger partial charge is 0.270 e. The predicted octanol–water partition coefficient (Wildman–Crippen LogP) is 4.29. The van der Waals surface area contributed by atoms with Crippen LogP contribution in [0.5, 0.6) is 0 Å². The van der Waals surface area contributed by atoms with Gasteiger partial charge < -0.3 is 0 Å². The molecule has 108 valence electrons. The first-order valence-corrected chi connectivity index (χ1v) is 7.39. The van der Waals surface area contributed by atoms with Crippen LogP contribution in [0.15, 0.2) is 0 Å². The Balaban J connectivity index is 3.05. The van der Waals surface area contributed by atoms with E-state index in [2.05, 4.69) is 6.92 Å². The Bertz CT molecular complexity index is 195. The molecule has 0 atom stereocenters. The van der Waals surface area contributed by atoms with Crippen LogP contribution >= 0.6 is 0 Å². The zero-order valence-corrected chi connectivity index (χ0v) is 11.7. The Hall–Kier alpha value is -0.610. The maximum atomic E-state index is 10.8. The summed E-state index contributed by atoms with van der Waals surface area (Å²) in [5.41, 5.74) is 0. The van der Waals surface area contributed by atoms with E-state index in [-0.39, 0.29) is 11.6 Å². The molecule has 0 heterocycles. The first-order valence-electron chi connectivity index (χ1n) is 7.39. The first kappa shape index (κ1) is 17.4. The summed E-state index contributed by atoms with van der Waals surface area (Å²) in [7, 11) is 0. The highest BCUT2D eigenvalue weighted by Gasteiger charge is 2.06. The molecule has 0 aliphatic carbocycles. The molecule has 0 aliphatic heterocycles. The van der Waals surface area contributed by atoms with E-state index in [1.165, 1.54) is 51.4 Å². The van der Waals surface area contributed by atoms with Crippen molar-refractivity contribution in [2.24, 2.45) is 0 Å². The molecular weight excluding hydrogens is 230 g/mol. The number of nitrogens with zero attached hydrogens (tertiary/aromatic N) is 1. The number of rotatable bonds is 12. The van der Waals surface area contributed by atoms with E-state index in [9.17, 15) is 4.79 Å². The molecule has 0 aromatic carbocycles. The molecule has 0 saturated carbocycles. The lowest BCUT2D eigenvalue weighted by Crippen LogP contribution is -2.22. The third-order valence-corrected chi connectivity index (χ3v) is 3.22. The number of carbonyl (C=O) groups excluding carboxylic acids is 1. The van der Waals surface area contributed by atoms with Gasteiger partial charge in [-0.25, -0.2) is 0 Å². The second-order valence-corrected chi connectivity index (χ2v) is 4.97. The summed E-state index contributed by atoms with van der Waals surface area (Å²) >= 11 is 0. The maximum Gasteiger partial charge on any atom is 0.273 e. The Morgan fingerprint density at radius 1 is 0.778 bits per heavy atom. The van der Waals surface area contributed by atoms with Crippen LogP contribution in [0.3, 0.4) is 0 Å². The van der Waals surface area contributed by atoms with E-state index in [4.69, 9.17) is 10.4 Å². The first-order chi connectivity index (χ1) is 8.68. The second kappa shape index (κ2) is 12.8. The number of carbonyl (C=O) groups is 1. The standard InChI is InChI=1S/C14H29NO3/c1-2-3-4-5-6-7-8-9-10-11-12-13-14(16)15(17)18/h17-18H,2-13H2,1H3. The SMILES string of the molecule is CCCCCCCCCCCCCC(=O)N(O)O. The fraction of sp³-hybridized carbons (Fsp3) is 0.929. The fourth-order valence-corrected chi connectivity index (χ4v) is 2.04. The summed E-state index contributed by atoms with van der Waals surface area (Å²) in [4.78, 5) is 10.8. The van der Waals surface area contributed by atoms with Gasteiger partial charge in [0.25, 0.3) is 5.91 Å². The minimum Gasteiger partial charge on any atom is -0.270 e. The molecule has 0 fully saturated rings. The number of unbranched alkanes of at least 4 members (excludes halogenated alkanes) is 10. The molecule has 4 heteroatoms. The number of hydroxylamine groups is 2. The van der Waals surface area contributed by atoms with Crippen molar-refractivity contribution in [3.05, 3.63) is 0 Å². The summed E-state index contributed by atoms with van der Waals surface area (Å²) in [6.07, 6.45) is 13.7. The van der Waals surface area contributed by atoms with Crippen molar-refractivity contribution in [3.63, 3.8) is 0 Å². The van der Waals surface area contributed by atoms with Gasteiger partial charge in [0.15, 0.2) is 0 Å².